The number of unbranched alkanes of at least 4 members (excludes halogenated alkanes) is 24. The summed E-state index contributed by atoms with van der Waals surface area (Å²) in [5.74, 6) is -0.599. The van der Waals surface area contributed by atoms with E-state index >= 15 is 0 Å². The lowest BCUT2D eigenvalue weighted by atomic mass is 10.0. The Labute approximate surface area is 506 Å². The van der Waals surface area contributed by atoms with Gasteiger partial charge in [0.2, 0.25) is 0 Å². The Bertz CT molecular complexity index is 1810. The first-order chi connectivity index (χ1) is 40.6. The van der Waals surface area contributed by atoms with Gasteiger partial charge in [0.15, 0.2) is 6.10 Å². The quantitative estimate of drug-likeness (QED) is 0.0373. The van der Waals surface area contributed by atoms with E-state index in [1.54, 1.807) is 0 Å². The third-order valence-corrected chi connectivity index (χ3v) is 14.0. The fourth-order valence-corrected chi connectivity index (χ4v) is 9.05. The predicted molar refractivity (Wildman–Crippen MR) is 361 cm³/mol. The summed E-state index contributed by atoms with van der Waals surface area (Å²) in [5.41, 5.74) is 0. The smallest absolute Gasteiger partial charge is 0.306 e. The average Bonchev–Trinajstić information content (AvgIpc) is 3.49. The third-order valence-electron chi connectivity index (χ3n) is 14.0. The summed E-state index contributed by atoms with van der Waals surface area (Å²) in [5, 5.41) is 9.70. The van der Waals surface area contributed by atoms with Crippen molar-refractivity contribution in [1.29, 1.82) is 0 Å². The molecular formula is C77H124O5. The first-order valence-electron chi connectivity index (χ1n) is 33.7. The number of hydrogen-bond acceptors (Lipinski definition) is 5. The second-order valence-electron chi connectivity index (χ2n) is 21.8. The number of esters is 2. The largest absolute Gasteiger partial charge is 0.462 e. The van der Waals surface area contributed by atoms with E-state index in [-0.39, 0.29) is 25.2 Å². The number of aliphatic hydroxyl groups excluding tert-OH is 1. The Morgan fingerprint density at radius 3 is 0.732 bits per heavy atom. The zero-order chi connectivity index (χ0) is 59.1. The number of carbonyl (C=O) groups excluding carboxylic acids is 2. The van der Waals surface area contributed by atoms with Gasteiger partial charge in [0.25, 0.3) is 0 Å². The van der Waals surface area contributed by atoms with Gasteiger partial charge in [-0.05, 0) is 128 Å². The lowest BCUT2D eigenvalue weighted by Gasteiger charge is -2.15. The normalized spacial score (nSPS) is 13.4. The minimum atomic E-state index is -0.786. The second-order valence-corrected chi connectivity index (χ2v) is 21.8. The zero-order valence-electron chi connectivity index (χ0n) is 52.9. The second kappa shape index (κ2) is 70.5. The number of carbonyl (C=O) groups is 2. The molecule has 0 amide bonds. The molecule has 0 spiro atoms. The lowest BCUT2D eigenvalue weighted by Crippen LogP contribution is -2.28. The maximum Gasteiger partial charge on any atom is 0.306 e. The molecule has 0 aliphatic heterocycles. The van der Waals surface area contributed by atoms with Crippen LogP contribution in [0.3, 0.4) is 0 Å². The highest BCUT2D eigenvalue weighted by Crippen LogP contribution is 2.16. The van der Waals surface area contributed by atoms with Crippen LogP contribution in [0.1, 0.15) is 284 Å². The summed E-state index contributed by atoms with van der Waals surface area (Å²) in [6, 6.07) is 0. The van der Waals surface area contributed by atoms with Crippen molar-refractivity contribution in [1.82, 2.24) is 0 Å². The first-order valence-corrected chi connectivity index (χ1v) is 33.7. The summed E-state index contributed by atoms with van der Waals surface area (Å²) < 4.78 is 10.7. The number of aliphatic hydroxyl groups is 1. The van der Waals surface area contributed by atoms with Gasteiger partial charge in [0, 0.05) is 12.8 Å². The molecule has 0 aromatic rings. The zero-order valence-corrected chi connectivity index (χ0v) is 52.9. The fraction of sp³-hybridized carbons (Fsp3) is 0.610. The molecule has 0 aliphatic rings. The van der Waals surface area contributed by atoms with Crippen molar-refractivity contribution in [2.75, 3.05) is 13.2 Å². The van der Waals surface area contributed by atoms with Crippen LogP contribution in [-0.2, 0) is 19.1 Å². The molecule has 82 heavy (non-hydrogen) atoms. The molecule has 1 unspecified atom stereocenters. The SMILES string of the molecule is CC/C=C\C/C=C\C/C=C\C/C=C\C/C=C\C/C=C\C/C=C\C/C=C\C/C=C\CCCCCCCCCCCCCCCC(=O)OC(CO)COC(=O)CCCCCCCCCCCCC/C=C\C/C=C\C/C=C\C/C=C\C/C=C\CC. The van der Waals surface area contributed by atoms with Crippen molar-refractivity contribution in [3.8, 4) is 0 Å². The van der Waals surface area contributed by atoms with E-state index in [1.807, 2.05) is 0 Å². The Morgan fingerprint density at radius 1 is 0.280 bits per heavy atom. The highest BCUT2D eigenvalue weighted by Gasteiger charge is 2.16. The van der Waals surface area contributed by atoms with Crippen LogP contribution >= 0.6 is 0 Å². The summed E-state index contributed by atoms with van der Waals surface area (Å²) in [7, 11) is 0. The summed E-state index contributed by atoms with van der Waals surface area (Å²) in [6.45, 7) is 3.92. The van der Waals surface area contributed by atoms with Crippen molar-refractivity contribution in [3.63, 3.8) is 0 Å². The highest BCUT2D eigenvalue weighted by atomic mass is 16.6. The van der Waals surface area contributed by atoms with Crippen molar-refractivity contribution in [2.45, 2.75) is 290 Å². The van der Waals surface area contributed by atoms with Gasteiger partial charge >= 0.3 is 11.9 Å². The van der Waals surface area contributed by atoms with Crippen molar-refractivity contribution in [2.24, 2.45) is 0 Å². The van der Waals surface area contributed by atoms with Crippen molar-refractivity contribution >= 4 is 11.9 Å². The molecule has 462 valence electrons. The Balaban J connectivity index is 3.54. The van der Waals surface area contributed by atoms with E-state index in [0.717, 1.165) is 128 Å². The van der Waals surface area contributed by atoms with Crippen LogP contribution in [0.4, 0.5) is 0 Å². The van der Waals surface area contributed by atoms with Crippen LogP contribution in [-0.4, -0.2) is 36.4 Å². The number of rotatable bonds is 60. The van der Waals surface area contributed by atoms with E-state index < -0.39 is 6.10 Å². The van der Waals surface area contributed by atoms with Gasteiger partial charge in [0.1, 0.15) is 6.61 Å². The number of hydrogen-bond donors (Lipinski definition) is 1. The fourth-order valence-electron chi connectivity index (χ4n) is 9.05. The van der Waals surface area contributed by atoms with Crippen LogP contribution in [0.5, 0.6) is 0 Å². The van der Waals surface area contributed by atoms with E-state index in [1.165, 1.54) is 128 Å². The van der Waals surface area contributed by atoms with E-state index in [0.29, 0.717) is 12.8 Å². The molecule has 0 aliphatic carbocycles. The van der Waals surface area contributed by atoms with Crippen LogP contribution in [0.15, 0.2) is 170 Å². The van der Waals surface area contributed by atoms with Crippen LogP contribution < -0.4 is 0 Å². The molecule has 1 N–H and O–H groups in total. The molecule has 0 fully saturated rings. The molecule has 0 saturated heterocycles. The molecule has 0 rings (SSSR count). The van der Waals surface area contributed by atoms with Crippen molar-refractivity contribution in [3.05, 3.63) is 170 Å². The molecular weight excluding hydrogens is 1000 g/mol. The molecule has 1 atom stereocenters. The monoisotopic (exact) mass is 1130 g/mol. The standard InChI is InChI=1S/C77H124O5/c1-3-5-7-9-11-13-15-17-19-21-23-25-27-29-31-32-33-34-35-36-37-38-39-40-41-42-43-44-46-48-50-52-54-56-58-60-62-64-66-68-70-72-77(80)82-75(73-78)74-81-76(79)71-69-67-65-63-61-59-57-55-53-51-49-47-45-30-28-26-24-22-20-18-16-14-12-10-8-6-4-2/h5-8,11-14,17-20,23-26,29-31,33-34,36-37,39-40,42-43,45,75,78H,3-4,9-10,15-16,21-22,27-28,32,35,38,41,44,46-74H2,1-2H3/b7-5-,8-6-,13-11-,14-12-,19-17-,20-18-,25-23-,26-24-,31-29-,34-33-,37-36-,40-39-,43-42-,45-30-. The predicted octanol–water partition coefficient (Wildman–Crippen LogP) is 23.6. The molecule has 0 heterocycles. The maximum atomic E-state index is 12.4. The summed E-state index contributed by atoms with van der Waals surface area (Å²) >= 11 is 0. The van der Waals surface area contributed by atoms with Gasteiger partial charge in [-0.1, -0.05) is 312 Å². The van der Waals surface area contributed by atoms with Gasteiger partial charge in [0.05, 0.1) is 6.61 Å². The van der Waals surface area contributed by atoms with Crippen molar-refractivity contribution < 1.29 is 24.2 Å². The van der Waals surface area contributed by atoms with Gasteiger partial charge in [-0.2, -0.15) is 0 Å². The molecule has 5 nitrogen and oxygen atoms in total. The van der Waals surface area contributed by atoms with E-state index in [4.69, 9.17) is 9.47 Å². The molecule has 0 aromatic heterocycles. The van der Waals surface area contributed by atoms with E-state index in [9.17, 15) is 14.7 Å². The molecule has 0 radical (unpaired) electrons. The highest BCUT2D eigenvalue weighted by molar-refractivity contribution is 5.70. The van der Waals surface area contributed by atoms with Gasteiger partial charge in [-0.25, -0.2) is 0 Å². The molecule has 0 saturated carbocycles. The van der Waals surface area contributed by atoms with E-state index in [2.05, 4.69) is 184 Å². The maximum absolute atomic E-state index is 12.4. The molecule has 0 aromatic carbocycles. The van der Waals surface area contributed by atoms with Crippen LogP contribution in [0.25, 0.3) is 0 Å². The minimum Gasteiger partial charge on any atom is -0.462 e. The number of allylic oxidation sites excluding steroid dienone is 28. The average molecular weight is 1130 g/mol. The molecule has 0 bridgehead atoms. The third kappa shape index (κ3) is 67.8. The van der Waals surface area contributed by atoms with Gasteiger partial charge < -0.3 is 14.6 Å². The van der Waals surface area contributed by atoms with Gasteiger partial charge in [-0.3, -0.25) is 9.59 Å². The Morgan fingerprint density at radius 2 is 0.488 bits per heavy atom. The van der Waals surface area contributed by atoms with Crippen LogP contribution in [0.2, 0.25) is 0 Å². The molecule has 5 heteroatoms. The summed E-state index contributed by atoms with van der Waals surface area (Å²) in [6.07, 6.45) is 109. The Kier molecular flexibility index (Phi) is 66.4. The first kappa shape index (κ1) is 77.3. The summed E-state index contributed by atoms with van der Waals surface area (Å²) in [4.78, 5) is 24.6. The topological polar surface area (TPSA) is 72.8 Å². The number of ether oxygens (including phenoxy) is 2. The lowest BCUT2D eigenvalue weighted by molar-refractivity contribution is -0.161. The van der Waals surface area contributed by atoms with Crippen LogP contribution in [0, 0.1) is 0 Å². The van der Waals surface area contributed by atoms with Gasteiger partial charge in [-0.15, -0.1) is 0 Å². The minimum absolute atomic E-state index is 0.0755. The Hall–Kier alpha value is -4.74.